The highest BCUT2D eigenvalue weighted by Crippen LogP contribution is 2.34. The molecule has 0 aromatic rings. The van der Waals surface area contributed by atoms with Crippen LogP contribution >= 0.6 is 22.6 Å². The van der Waals surface area contributed by atoms with E-state index in [0.717, 1.165) is 0 Å². The fraction of sp³-hybridized carbons (Fsp3) is 0.714. The molecule has 130 valence electrons. The number of halogens is 1. The standard InChI is InChI=1S/C14H19IO8/c1-6(16)20-10-5-11(21-7(2)17)13(22-8(3)18)14(12(10)15)23-9(4)19/h10-14H,5H2,1-4H3/t10-,11-,12+,13-,14+/m1/s1. The van der Waals surface area contributed by atoms with Gasteiger partial charge in [0, 0.05) is 34.1 Å². The highest BCUT2D eigenvalue weighted by Gasteiger charge is 2.50. The SMILES string of the molecule is CC(=O)O[C@H]1[C@@H](I)[C@H](OC(C)=O)C[C@@H](OC(C)=O)[C@H]1OC(C)=O. The molecule has 0 heterocycles. The van der Waals surface area contributed by atoms with Gasteiger partial charge in [0.1, 0.15) is 12.2 Å². The van der Waals surface area contributed by atoms with E-state index in [1.165, 1.54) is 27.7 Å². The highest BCUT2D eigenvalue weighted by atomic mass is 127. The Kier molecular flexibility index (Phi) is 7.23. The Morgan fingerprint density at radius 3 is 1.52 bits per heavy atom. The summed E-state index contributed by atoms with van der Waals surface area (Å²) in [7, 11) is 0. The molecule has 1 aliphatic rings. The summed E-state index contributed by atoms with van der Waals surface area (Å²) in [5.74, 6) is -2.27. The molecular formula is C14H19IO8. The molecule has 9 heteroatoms. The average Bonchev–Trinajstić information content (AvgIpc) is 2.37. The van der Waals surface area contributed by atoms with Crippen molar-refractivity contribution in [3.05, 3.63) is 0 Å². The molecule has 8 nitrogen and oxygen atoms in total. The molecule has 1 fully saturated rings. The Morgan fingerprint density at radius 2 is 1.09 bits per heavy atom. The number of hydrogen-bond donors (Lipinski definition) is 0. The number of ether oxygens (including phenoxy) is 4. The molecule has 0 amide bonds. The van der Waals surface area contributed by atoms with Gasteiger partial charge in [-0.1, -0.05) is 22.6 Å². The molecule has 0 aromatic carbocycles. The van der Waals surface area contributed by atoms with Crippen LogP contribution in [0.2, 0.25) is 0 Å². The quantitative estimate of drug-likeness (QED) is 0.274. The molecule has 1 saturated carbocycles. The van der Waals surface area contributed by atoms with Crippen molar-refractivity contribution in [3.8, 4) is 0 Å². The van der Waals surface area contributed by atoms with Gasteiger partial charge < -0.3 is 18.9 Å². The maximum absolute atomic E-state index is 11.4. The van der Waals surface area contributed by atoms with Crippen LogP contribution in [0.3, 0.4) is 0 Å². The summed E-state index contributed by atoms with van der Waals surface area (Å²) in [6.07, 6.45) is -3.25. The van der Waals surface area contributed by atoms with E-state index in [1.807, 2.05) is 22.6 Å². The molecule has 1 aliphatic carbocycles. The van der Waals surface area contributed by atoms with E-state index in [0.29, 0.717) is 0 Å². The first kappa shape index (κ1) is 19.7. The second-order valence-corrected chi connectivity index (χ2v) is 6.56. The van der Waals surface area contributed by atoms with E-state index in [1.54, 1.807) is 0 Å². The van der Waals surface area contributed by atoms with Crippen molar-refractivity contribution in [2.45, 2.75) is 62.5 Å². The van der Waals surface area contributed by atoms with E-state index < -0.39 is 52.2 Å². The van der Waals surface area contributed by atoms with Gasteiger partial charge in [-0.2, -0.15) is 0 Å². The van der Waals surface area contributed by atoms with Crippen LogP contribution in [0.25, 0.3) is 0 Å². The van der Waals surface area contributed by atoms with Crippen LogP contribution < -0.4 is 0 Å². The smallest absolute Gasteiger partial charge is 0.303 e. The molecule has 1 rings (SSSR count). The first-order chi connectivity index (χ1) is 10.6. The normalized spacial score (nSPS) is 30.0. The van der Waals surface area contributed by atoms with E-state index in [-0.39, 0.29) is 6.42 Å². The number of rotatable bonds is 4. The van der Waals surface area contributed by atoms with Gasteiger partial charge in [0.05, 0.1) is 3.92 Å². The Hall–Kier alpha value is -1.39. The van der Waals surface area contributed by atoms with E-state index in [4.69, 9.17) is 18.9 Å². The van der Waals surface area contributed by atoms with Gasteiger partial charge in [0.25, 0.3) is 0 Å². The van der Waals surface area contributed by atoms with Crippen LogP contribution in [0.5, 0.6) is 0 Å². The number of carbonyl (C=O) groups excluding carboxylic acids is 4. The van der Waals surface area contributed by atoms with Crippen LogP contribution in [0, 0.1) is 0 Å². The zero-order chi connectivity index (χ0) is 17.7. The van der Waals surface area contributed by atoms with E-state index in [2.05, 4.69) is 0 Å². The van der Waals surface area contributed by atoms with E-state index >= 15 is 0 Å². The molecule has 5 atom stereocenters. The minimum Gasteiger partial charge on any atom is -0.461 e. The largest absolute Gasteiger partial charge is 0.461 e. The Bertz CT molecular complexity index is 491. The number of hydrogen-bond acceptors (Lipinski definition) is 8. The van der Waals surface area contributed by atoms with Gasteiger partial charge in [-0.3, -0.25) is 19.2 Å². The van der Waals surface area contributed by atoms with Gasteiger partial charge in [0.15, 0.2) is 12.2 Å². The third kappa shape index (κ3) is 5.96. The molecule has 0 saturated heterocycles. The van der Waals surface area contributed by atoms with Crippen molar-refractivity contribution in [1.29, 1.82) is 0 Å². The van der Waals surface area contributed by atoms with Crippen molar-refractivity contribution in [3.63, 3.8) is 0 Å². The van der Waals surface area contributed by atoms with Gasteiger partial charge in [-0.15, -0.1) is 0 Å². The first-order valence-electron chi connectivity index (χ1n) is 6.94. The lowest BCUT2D eigenvalue weighted by atomic mass is 9.89. The lowest BCUT2D eigenvalue weighted by molar-refractivity contribution is -0.197. The minimum atomic E-state index is -0.964. The maximum atomic E-state index is 11.4. The predicted molar refractivity (Wildman–Crippen MR) is 84.6 cm³/mol. The number of alkyl halides is 1. The molecular weight excluding hydrogens is 423 g/mol. The number of esters is 4. The summed E-state index contributed by atoms with van der Waals surface area (Å²) in [5, 5.41) is 0. The molecule has 0 aliphatic heterocycles. The molecule has 0 N–H and O–H groups in total. The summed E-state index contributed by atoms with van der Waals surface area (Å²) < 4.78 is 20.4. The van der Waals surface area contributed by atoms with Crippen LogP contribution in [-0.4, -0.2) is 52.2 Å². The lowest BCUT2D eigenvalue weighted by Crippen LogP contribution is -2.58. The number of carbonyl (C=O) groups is 4. The maximum Gasteiger partial charge on any atom is 0.303 e. The molecule has 0 bridgehead atoms. The van der Waals surface area contributed by atoms with Crippen molar-refractivity contribution < 1.29 is 38.1 Å². The highest BCUT2D eigenvalue weighted by molar-refractivity contribution is 14.1. The Balaban J connectivity index is 3.12. The van der Waals surface area contributed by atoms with Gasteiger partial charge >= 0.3 is 23.9 Å². The van der Waals surface area contributed by atoms with Crippen molar-refractivity contribution in [1.82, 2.24) is 0 Å². The van der Waals surface area contributed by atoms with Crippen molar-refractivity contribution in [2.24, 2.45) is 0 Å². The molecule has 0 aromatic heterocycles. The second-order valence-electron chi connectivity index (χ2n) is 5.12. The average molecular weight is 442 g/mol. The topological polar surface area (TPSA) is 105 Å². The second kappa shape index (κ2) is 8.46. The fourth-order valence-electron chi connectivity index (χ4n) is 2.41. The van der Waals surface area contributed by atoms with Crippen molar-refractivity contribution >= 4 is 46.5 Å². The van der Waals surface area contributed by atoms with Crippen LogP contribution in [-0.2, 0) is 38.1 Å². The Labute approximate surface area is 147 Å². The van der Waals surface area contributed by atoms with E-state index in [9.17, 15) is 19.2 Å². The fourth-order valence-corrected chi connectivity index (χ4v) is 3.41. The summed E-state index contributed by atoms with van der Waals surface area (Å²) in [4.78, 5) is 45.3. The van der Waals surface area contributed by atoms with Crippen LogP contribution in [0.4, 0.5) is 0 Å². The van der Waals surface area contributed by atoms with Gasteiger partial charge in [0.2, 0.25) is 0 Å². The van der Waals surface area contributed by atoms with Crippen LogP contribution in [0.15, 0.2) is 0 Å². The van der Waals surface area contributed by atoms with Gasteiger partial charge in [-0.25, -0.2) is 0 Å². The summed E-state index contributed by atoms with van der Waals surface area (Å²) in [6.45, 7) is 4.88. The monoisotopic (exact) mass is 442 g/mol. The molecule has 23 heavy (non-hydrogen) atoms. The molecule has 0 unspecified atom stereocenters. The zero-order valence-corrected chi connectivity index (χ0v) is 15.4. The molecule has 0 radical (unpaired) electrons. The third-order valence-electron chi connectivity index (χ3n) is 3.06. The minimum absolute atomic E-state index is 0.141. The van der Waals surface area contributed by atoms with Crippen molar-refractivity contribution in [2.75, 3.05) is 0 Å². The summed E-state index contributed by atoms with van der Waals surface area (Å²) in [6, 6.07) is 0. The summed E-state index contributed by atoms with van der Waals surface area (Å²) in [5.41, 5.74) is 0. The van der Waals surface area contributed by atoms with Crippen LogP contribution in [0.1, 0.15) is 34.1 Å². The zero-order valence-electron chi connectivity index (χ0n) is 13.2. The van der Waals surface area contributed by atoms with Gasteiger partial charge in [-0.05, 0) is 0 Å². The summed E-state index contributed by atoms with van der Waals surface area (Å²) >= 11 is 1.97. The molecule has 0 spiro atoms. The predicted octanol–water partition coefficient (Wildman–Crippen LogP) is 0.920. The third-order valence-corrected chi connectivity index (χ3v) is 4.57. The first-order valence-corrected chi connectivity index (χ1v) is 8.19. The Morgan fingerprint density at radius 1 is 0.696 bits per heavy atom. The lowest BCUT2D eigenvalue weighted by Gasteiger charge is -2.42.